The Kier molecular flexibility index (Phi) is 17.1. The van der Waals surface area contributed by atoms with Crippen LogP contribution in [-0.2, 0) is 79.5 Å². The second-order valence-corrected chi connectivity index (χ2v) is 20.0. The molecule has 8 rings (SSSR count). The van der Waals surface area contributed by atoms with Gasteiger partial charge < -0.3 is 46.3 Å². The van der Waals surface area contributed by atoms with E-state index in [0.29, 0.717) is 76.8 Å². The Morgan fingerprint density at radius 1 is 0.855 bits per heavy atom. The number of imide groups is 1. The molecule has 8 amide bonds. The molecule has 4 aliphatic rings. The molecule has 4 aromatic rings. The van der Waals surface area contributed by atoms with Crippen molar-refractivity contribution >= 4 is 75.9 Å². The maximum Gasteiger partial charge on any atom is 0.343 e. The van der Waals surface area contributed by atoms with Crippen LogP contribution in [0.3, 0.4) is 0 Å². The van der Waals surface area contributed by atoms with Crippen molar-refractivity contribution in [1.29, 1.82) is 0 Å². The number of hydrogen-bond donors (Lipinski definition) is 7. The zero-order chi connectivity index (χ0) is 54.3. The number of thioether (sulfide) groups is 1. The third kappa shape index (κ3) is 12.0. The van der Waals surface area contributed by atoms with Gasteiger partial charge in [-0.3, -0.25) is 48.1 Å². The highest BCUT2D eigenvalue weighted by molar-refractivity contribution is 7.99. The fraction of sp³-hybridized carbons (Fsp3) is 0.415. The number of aromatic nitrogens is 2. The van der Waals surface area contributed by atoms with Crippen LogP contribution in [0.4, 0.5) is 4.39 Å². The first-order valence-corrected chi connectivity index (χ1v) is 26.3. The molecule has 7 N–H and O–H groups in total. The van der Waals surface area contributed by atoms with Crippen molar-refractivity contribution in [2.24, 2.45) is 0 Å². The lowest BCUT2D eigenvalue weighted by Crippen LogP contribution is -2.52. The highest BCUT2D eigenvalue weighted by Crippen LogP contribution is 2.46. The van der Waals surface area contributed by atoms with E-state index >= 15 is 4.39 Å². The van der Waals surface area contributed by atoms with Gasteiger partial charge in [0, 0.05) is 66.3 Å². The van der Waals surface area contributed by atoms with Crippen LogP contribution in [-0.4, -0.2) is 117 Å². The number of aryl methyl sites for hydroxylation is 1. The predicted octanol–water partition coefficient (Wildman–Crippen LogP) is 1.39. The molecule has 0 bridgehead atoms. The van der Waals surface area contributed by atoms with Gasteiger partial charge in [0.1, 0.15) is 18.5 Å². The topological polar surface area (TPSA) is 293 Å². The number of hydrogen-bond acceptors (Lipinski definition) is 14. The van der Waals surface area contributed by atoms with E-state index in [1.165, 1.54) is 34.5 Å². The molecule has 2 aromatic carbocycles. The second kappa shape index (κ2) is 23.8. The lowest BCUT2D eigenvalue weighted by molar-refractivity contribution is -0.172. The van der Waals surface area contributed by atoms with Crippen molar-refractivity contribution in [3.05, 3.63) is 110 Å². The molecule has 2 aromatic heterocycles. The van der Waals surface area contributed by atoms with E-state index in [9.17, 15) is 53.1 Å². The summed E-state index contributed by atoms with van der Waals surface area (Å²) in [6.45, 7) is 2.05. The summed E-state index contributed by atoms with van der Waals surface area (Å²) in [4.78, 5) is 133. The number of nitrogens with zero attached hydrogens (tertiary/aromatic N) is 3. The molecule has 5 heterocycles. The molecule has 0 saturated carbocycles. The summed E-state index contributed by atoms with van der Waals surface area (Å²) < 4.78 is 22.1. The minimum Gasteiger partial charge on any atom is -0.458 e. The van der Waals surface area contributed by atoms with Crippen LogP contribution in [0.2, 0.25) is 0 Å². The molecule has 0 fully saturated rings. The molecule has 21 nitrogen and oxygen atoms in total. The molecule has 0 saturated heterocycles. The Bertz CT molecular complexity index is 3110. The van der Waals surface area contributed by atoms with Gasteiger partial charge in [-0.1, -0.05) is 43.7 Å². The third-order valence-electron chi connectivity index (χ3n) is 14.0. The van der Waals surface area contributed by atoms with Gasteiger partial charge in [0.15, 0.2) is 5.60 Å². The number of ether oxygens (including phenoxy) is 1. The van der Waals surface area contributed by atoms with E-state index < -0.39 is 77.7 Å². The van der Waals surface area contributed by atoms with Gasteiger partial charge in [-0.15, -0.1) is 11.8 Å². The Labute approximate surface area is 439 Å². The van der Waals surface area contributed by atoms with Crippen molar-refractivity contribution in [3.8, 4) is 11.4 Å². The van der Waals surface area contributed by atoms with E-state index in [1.54, 1.807) is 50.2 Å². The highest BCUT2D eigenvalue weighted by atomic mass is 32.2. The monoisotopic (exact) mass is 1060 g/mol. The van der Waals surface area contributed by atoms with E-state index in [-0.39, 0.29) is 86.6 Å². The summed E-state index contributed by atoms with van der Waals surface area (Å²) in [6.07, 6.45) is 5.12. The quantitative estimate of drug-likeness (QED) is 0.0211. The number of amides is 8. The van der Waals surface area contributed by atoms with Crippen molar-refractivity contribution in [1.82, 2.24) is 46.4 Å². The van der Waals surface area contributed by atoms with Gasteiger partial charge >= 0.3 is 5.97 Å². The molecule has 76 heavy (non-hydrogen) atoms. The van der Waals surface area contributed by atoms with Gasteiger partial charge in [0.05, 0.1) is 60.6 Å². The lowest BCUT2D eigenvalue weighted by Gasteiger charge is -2.31. The number of rotatable bonds is 23. The van der Waals surface area contributed by atoms with Crippen LogP contribution in [0.15, 0.2) is 59.4 Å². The van der Waals surface area contributed by atoms with Crippen molar-refractivity contribution in [3.63, 3.8) is 0 Å². The average molecular weight is 1060 g/mol. The van der Waals surface area contributed by atoms with Crippen molar-refractivity contribution in [2.45, 2.75) is 102 Å². The fourth-order valence-electron chi connectivity index (χ4n) is 9.88. The van der Waals surface area contributed by atoms with E-state index in [0.717, 1.165) is 16.0 Å². The van der Waals surface area contributed by atoms with Crippen LogP contribution in [0.5, 0.6) is 0 Å². The van der Waals surface area contributed by atoms with E-state index in [4.69, 9.17) is 9.72 Å². The number of unbranched alkanes of at least 4 members (excludes halogenated alkanes) is 2. The molecule has 400 valence electrons. The van der Waals surface area contributed by atoms with Gasteiger partial charge in [-0.05, 0) is 67.3 Å². The molecule has 3 atom stereocenters. The maximum atomic E-state index is 15.4. The number of halogens is 1. The Balaban J connectivity index is 0.787. The Morgan fingerprint density at radius 3 is 2.32 bits per heavy atom. The van der Waals surface area contributed by atoms with Crippen LogP contribution < -0.4 is 37.5 Å². The standard InChI is InChI=1S/C53H58FN9O12S/c1-3-53(74)34-21-39-49-32(26-63(39)51(72)33(34)27-75-52(53)73)48-36(14-13-31-29(2)35(54)22-37(61-49)47(31)48)59-41(65)17-19-76-28-58-43(67)24-57-50(71)38(20-30-10-6-4-7-11-30)60-44(68)25-56-42(66)23-55-40(64)12-8-5-9-18-62-45(69)15-16-46(62)70/h4,6-7,10-11,15-16,21-22,36,38,74H,3,5,8-9,12-14,17-20,23-28H2,1-2H3,(H,55,64)(H,56,66)(H,57,71)(H,58,67)(H,59,65)(H,60,68)/t36-,38?,53-/m0/s1. The third-order valence-corrected chi connectivity index (χ3v) is 14.8. The largest absolute Gasteiger partial charge is 0.458 e. The number of fused-ring (bicyclic) bond motifs is 5. The smallest absolute Gasteiger partial charge is 0.343 e. The van der Waals surface area contributed by atoms with Gasteiger partial charge in [-0.2, -0.15) is 0 Å². The Hall–Kier alpha value is -7.79. The molecular formula is C53H58FN9O12S. The minimum absolute atomic E-state index is 0.0326. The van der Waals surface area contributed by atoms with Gasteiger partial charge in [0.2, 0.25) is 35.4 Å². The van der Waals surface area contributed by atoms with Crippen LogP contribution in [0.25, 0.3) is 22.3 Å². The molecule has 3 aliphatic heterocycles. The number of carbonyl (C=O) groups excluding carboxylic acids is 9. The summed E-state index contributed by atoms with van der Waals surface area (Å²) in [5.74, 6) is -4.79. The zero-order valence-electron chi connectivity index (χ0n) is 41.9. The lowest BCUT2D eigenvalue weighted by atomic mass is 9.81. The number of carbonyl (C=O) groups is 9. The fourth-order valence-corrected chi connectivity index (χ4v) is 10.6. The average Bonchev–Trinajstić information content (AvgIpc) is 3.95. The molecular weight excluding hydrogens is 1010 g/mol. The highest BCUT2D eigenvalue weighted by Gasteiger charge is 2.46. The molecule has 0 radical (unpaired) electrons. The van der Waals surface area contributed by atoms with Crippen molar-refractivity contribution < 1.29 is 57.4 Å². The summed E-state index contributed by atoms with van der Waals surface area (Å²) in [5.41, 5.74) is 2.30. The van der Waals surface area contributed by atoms with Gasteiger partial charge in [-0.25, -0.2) is 14.2 Å². The second-order valence-electron chi connectivity index (χ2n) is 18.9. The number of benzene rings is 2. The SMILES string of the molecule is CC[C@@]1(O)C(=O)OCc2c1cc1n(c2=O)Cc2c-1nc1cc(F)c(C)c3c1c2[C@@H](NC(=O)CCSCNC(=O)CNC(=O)C(Cc1ccccc1)NC(=O)CNC(=O)CNC(=O)CCCCCN1C(=O)C=CC1=O)CC3. The summed E-state index contributed by atoms with van der Waals surface area (Å²) >= 11 is 1.27. The van der Waals surface area contributed by atoms with Crippen LogP contribution >= 0.6 is 11.8 Å². The number of esters is 1. The van der Waals surface area contributed by atoms with E-state index in [2.05, 4.69) is 31.9 Å². The number of pyridine rings is 2. The molecule has 0 spiro atoms. The number of aliphatic hydroxyl groups is 1. The summed E-state index contributed by atoms with van der Waals surface area (Å²) in [7, 11) is 0. The van der Waals surface area contributed by atoms with E-state index in [1.807, 2.05) is 0 Å². The normalized spacial score (nSPS) is 17.3. The molecule has 1 aliphatic carbocycles. The number of nitrogens with one attached hydrogen (secondary N) is 6. The van der Waals surface area contributed by atoms with Crippen LogP contribution in [0.1, 0.15) is 96.9 Å². The van der Waals surface area contributed by atoms with Gasteiger partial charge in [0.25, 0.3) is 17.4 Å². The molecule has 23 heteroatoms. The molecule has 1 unspecified atom stereocenters. The van der Waals surface area contributed by atoms with Crippen LogP contribution in [0, 0.1) is 12.7 Å². The Morgan fingerprint density at radius 2 is 1.57 bits per heavy atom. The zero-order valence-corrected chi connectivity index (χ0v) is 42.8. The predicted molar refractivity (Wildman–Crippen MR) is 274 cm³/mol. The minimum atomic E-state index is -2.03. The first kappa shape index (κ1) is 54.5. The number of cyclic esters (lactones) is 1. The first-order chi connectivity index (χ1) is 36.5. The summed E-state index contributed by atoms with van der Waals surface area (Å²) in [5, 5.41) is 27.9. The first-order valence-electron chi connectivity index (χ1n) is 25.1. The van der Waals surface area contributed by atoms with Crippen molar-refractivity contribution in [2.75, 3.05) is 37.8 Å². The maximum absolute atomic E-state index is 15.4. The summed E-state index contributed by atoms with van der Waals surface area (Å²) in [6, 6.07) is 10.1.